The fraction of sp³-hybridized carbons (Fsp3) is 0.222. The molecule has 7 heteroatoms. The molecule has 1 aromatic carbocycles. The van der Waals surface area contributed by atoms with Crippen LogP contribution in [-0.2, 0) is 0 Å². The lowest BCUT2D eigenvalue weighted by atomic mass is 10.1. The second-order valence-corrected chi connectivity index (χ2v) is 5.40. The highest BCUT2D eigenvalue weighted by molar-refractivity contribution is 5.61. The molecule has 2 aromatic heterocycles. The molecule has 0 aliphatic heterocycles. The van der Waals surface area contributed by atoms with Gasteiger partial charge in [0.15, 0.2) is 0 Å². The maximum atomic E-state index is 5.76. The Hall–Kier alpha value is -3.22. The Morgan fingerprint density at radius 2 is 2.00 bits per heavy atom. The number of hydrogen-bond acceptors (Lipinski definition) is 7. The number of nitrogens with one attached hydrogen (secondary N) is 1. The fourth-order valence-electron chi connectivity index (χ4n) is 2.23. The van der Waals surface area contributed by atoms with Crippen molar-refractivity contribution in [2.45, 2.75) is 13.0 Å². The van der Waals surface area contributed by atoms with E-state index in [0.29, 0.717) is 12.5 Å². The van der Waals surface area contributed by atoms with Crippen LogP contribution in [0.5, 0.6) is 11.5 Å². The van der Waals surface area contributed by atoms with Gasteiger partial charge in [0.05, 0.1) is 31.7 Å². The lowest BCUT2D eigenvalue weighted by Crippen LogP contribution is -2.23. The Kier molecular flexibility index (Phi) is 5.36. The van der Waals surface area contributed by atoms with Gasteiger partial charge >= 0.3 is 0 Å². The Labute approximate surface area is 146 Å². The second kappa shape index (κ2) is 8.05. The summed E-state index contributed by atoms with van der Waals surface area (Å²) in [5.41, 5.74) is 1.63. The molecule has 0 saturated carbocycles. The molecule has 1 unspecified atom stereocenters. The fourth-order valence-corrected chi connectivity index (χ4v) is 2.23. The molecular weight excluding hydrogens is 318 g/mol. The van der Waals surface area contributed by atoms with Crippen LogP contribution in [0.1, 0.15) is 6.92 Å². The van der Waals surface area contributed by atoms with Gasteiger partial charge in [0.25, 0.3) is 0 Å². The second-order valence-electron chi connectivity index (χ2n) is 5.40. The summed E-state index contributed by atoms with van der Waals surface area (Å²) in [6.07, 6.45) is 4.93. The summed E-state index contributed by atoms with van der Waals surface area (Å²) in [4.78, 5) is 8.51. The molecule has 3 rings (SSSR count). The smallest absolute Gasteiger partial charge is 0.243 e. The Balaban J connectivity index is 1.63. The summed E-state index contributed by atoms with van der Waals surface area (Å²) in [5, 5.41) is 11.2. The SMILES string of the molecule is COc1cccc(-c2cnnc(NCC(C)Oc3cccnc3)n2)c1. The first-order valence-electron chi connectivity index (χ1n) is 7.89. The number of hydrogen-bond donors (Lipinski definition) is 1. The van der Waals surface area contributed by atoms with Crippen LogP contribution < -0.4 is 14.8 Å². The monoisotopic (exact) mass is 337 g/mol. The predicted molar refractivity (Wildman–Crippen MR) is 94.6 cm³/mol. The predicted octanol–water partition coefficient (Wildman–Crippen LogP) is 2.82. The van der Waals surface area contributed by atoms with E-state index in [1.165, 1.54) is 0 Å². The highest BCUT2D eigenvalue weighted by Gasteiger charge is 2.08. The van der Waals surface area contributed by atoms with Crippen LogP contribution in [0.15, 0.2) is 55.0 Å². The Morgan fingerprint density at radius 1 is 1.12 bits per heavy atom. The maximum absolute atomic E-state index is 5.76. The minimum absolute atomic E-state index is 0.0757. The number of anilines is 1. The van der Waals surface area contributed by atoms with Crippen LogP contribution >= 0.6 is 0 Å². The maximum Gasteiger partial charge on any atom is 0.243 e. The molecule has 25 heavy (non-hydrogen) atoms. The molecule has 0 aliphatic carbocycles. The third-order valence-corrected chi connectivity index (χ3v) is 3.44. The number of aromatic nitrogens is 4. The van der Waals surface area contributed by atoms with E-state index in [4.69, 9.17) is 9.47 Å². The third-order valence-electron chi connectivity index (χ3n) is 3.44. The number of ether oxygens (including phenoxy) is 2. The summed E-state index contributed by atoms with van der Waals surface area (Å²) >= 11 is 0. The van der Waals surface area contributed by atoms with Crippen LogP contribution in [0.25, 0.3) is 11.3 Å². The molecule has 2 heterocycles. The molecule has 0 amide bonds. The van der Waals surface area contributed by atoms with Gasteiger partial charge < -0.3 is 14.8 Å². The molecule has 1 N–H and O–H groups in total. The number of pyridine rings is 1. The average molecular weight is 337 g/mol. The molecule has 0 bridgehead atoms. The van der Waals surface area contributed by atoms with E-state index < -0.39 is 0 Å². The lowest BCUT2D eigenvalue weighted by Gasteiger charge is -2.15. The van der Waals surface area contributed by atoms with E-state index in [0.717, 1.165) is 22.8 Å². The largest absolute Gasteiger partial charge is 0.497 e. The molecule has 7 nitrogen and oxygen atoms in total. The van der Waals surface area contributed by atoms with Crippen molar-refractivity contribution in [3.05, 3.63) is 55.0 Å². The van der Waals surface area contributed by atoms with E-state index in [1.54, 1.807) is 25.7 Å². The van der Waals surface area contributed by atoms with E-state index in [-0.39, 0.29) is 6.10 Å². The minimum Gasteiger partial charge on any atom is -0.497 e. The van der Waals surface area contributed by atoms with E-state index in [9.17, 15) is 0 Å². The number of methoxy groups -OCH3 is 1. The highest BCUT2D eigenvalue weighted by atomic mass is 16.5. The first kappa shape index (κ1) is 16.6. The van der Waals surface area contributed by atoms with Gasteiger partial charge in [-0.25, -0.2) is 4.98 Å². The van der Waals surface area contributed by atoms with Crippen molar-refractivity contribution in [3.8, 4) is 22.8 Å². The first-order chi connectivity index (χ1) is 12.2. The third kappa shape index (κ3) is 4.63. The van der Waals surface area contributed by atoms with E-state index in [1.807, 2.05) is 43.3 Å². The van der Waals surface area contributed by atoms with Gasteiger partial charge in [-0.15, -0.1) is 5.10 Å². The zero-order valence-electron chi connectivity index (χ0n) is 14.1. The molecule has 0 spiro atoms. The van der Waals surface area contributed by atoms with Crippen LogP contribution in [0.2, 0.25) is 0 Å². The average Bonchev–Trinajstić information content (AvgIpc) is 2.67. The number of nitrogens with zero attached hydrogens (tertiary/aromatic N) is 4. The van der Waals surface area contributed by atoms with Gasteiger partial charge in [0.1, 0.15) is 17.6 Å². The Morgan fingerprint density at radius 3 is 2.80 bits per heavy atom. The minimum atomic E-state index is -0.0757. The van der Waals surface area contributed by atoms with Crippen LogP contribution in [0.4, 0.5) is 5.95 Å². The molecule has 1 atom stereocenters. The van der Waals surface area contributed by atoms with Crippen LogP contribution in [0, 0.1) is 0 Å². The van der Waals surface area contributed by atoms with E-state index >= 15 is 0 Å². The van der Waals surface area contributed by atoms with E-state index in [2.05, 4.69) is 25.5 Å². The molecular formula is C18H19N5O2. The Bertz CT molecular complexity index is 813. The van der Waals surface area contributed by atoms with Gasteiger partial charge in [-0.3, -0.25) is 4.98 Å². The van der Waals surface area contributed by atoms with Gasteiger partial charge in [0.2, 0.25) is 5.95 Å². The summed E-state index contributed by atoms with van der Waals surface area (Å²) in [6, 6.07) is 11.3. The lowest BCUT2D eigenvalue weighted by molar-refractivity contribution is 0.233. The van der Waals surface area contributed by atoms with Crippen molar-refractivity contribution in [2.75, 3.05) is 19.0 Å². The normalized spacial score (nSPS) is 11.6. The zero-order chi connectivity index (χ0) is 17.5. The molecule has 0 radical (unpaired) electrons. The van der Waals surface area contributed by atoms with Crippen molar-refractivity contribution in [1.82, 2.24) is 20.2 Å². The summed E-state index contributed by atoms with van der Waals surface area (Å²) in [6.45, 7) is 2.50. The van der Waals surface area contributed by atoms with Crippen molar-refractivity contribution >= 4 is 5.95 Å². The zero-order valence-corrected chi connectivity index (χ0v) is 14.1. The molecule has 3 aromatic rings. The van der Waals surface area contributed by atoms with Gasteiger partial charge in [-0.2, -0.15) is 5.10 Å². The van der Waals surface area contributed by atoms with Crippen molar-refractivity contribution < 1.29 is 9.47 Å². The first-order valence-corrected chi connectivity index (χ1v) is 7.89. The molecule has 0 aliphatic rings. The van der Waals surface area contributed by atoms with Crippen molar-refractivity contribution in [2.24, 2.45) is 0 Å². The van der Waals surface area contributed by atoms with Gasteiger partial charge in [-0.1, -0.05) is 12.1 Å². The van der Waals surface area contributed by atoms with Crippen molar-refractivity contribution in [3.63, 3.8) is 0 Å². The summed E-state index contributed by atoms with van der Waals surface area (Å²) in [7, 11) is 1.63. The number of rotatable bonds is 7. The molecule has 128 valence electrons. The number of benzene rings is 1. The van der Waals surface area contributed by atoms with Crippen LogP contribution in [0.3, 0.4) is 0 Å². The van der Waals surface area contributed by atoms with Gasteiger partial charge in [0, 0.05) is 11.8 Å². The molecule has 0 fully saturated rings. The highest BCUT2D eigenvalue weighted by Crippen LogP contribution is 2.21. The van der Waals surface area contributed by atoms with Gasteiger partial charge in [-0.05, 0) is 31.2 Å². The topological polar surface area (TPSA) is 82.1 Å². The molecule has 0 saturated heterocycles. The quantitative estimate of drug-likeness (QED) is 0.710. The standard InChI is InChI=1S/C18H19N5O2/c1-13(25-16-7-4-8-19-11-16)10-20-18-22-17(12-21-23-18)14-5-3-6-15(9-14)24-2/h3-9,11-13H,10H2,1-2H3,(H,20,22,23). The summed E-state index contributed by atoms with van der Waals surface area (Å²) < 4.78 is 11.0. The van der Waals surface area contributed by atoms with Crippen molar-refractivity contribution in [1.29, 1.82) is 0 Å². The van der Waals surface area contributed by atoms with Crippen LogP contribution in [-0.4, -0.2) is 39.9 Å². The summed E-state index contributed by atoms with van der Waals surface area (Å²) in [5.74, 6) is 1.94.